The summed E-state index contributed by atoms with van der Waals surface area (Å²) in [7, 11) is -3.85. The number of aryl methyl sites for hydroxylation is 1. The molecule has 4 rings (SSSR count). The molecular formula is C29H27N3O5S. The van der Waals surface area contributed by atoms with Crippen molar-refractivity contribution in [2.75, 3.05) is 16.2 Å². The number of nitrogens with one attached hydrogen (secondary N) is 1. The number of anilines is 2. The van der Waals surface area contributed by atoms with Gasteiger partial charge < -0.3 is 15.8 Å². The predicted molar refractivity (Wildman–Crippen MR) is 147 cm³/mol. The number of benzene rings is 4. The number of rotatable bonds is 10. The smallest absolute Gasteiger partial charge is 0.264 e. The van der Waals surface area contributed by atoms with Crippen LogP contribution in [0, 0.1) is 6.92 Å². The Labute approximate surface area is 221 Å². The van der Waals surface area contributed by atoms with Gasteiger partial charge in [0.25, 0.3) is 15.9 Å². The van der Waals surface area contributed by atoms with E-state index in [1.165, 1.54) is 16.4 Å². The Bertz CT molecular complexity index is 1500. The molecule has 0 radical (unpaired) electrons. The van der Waals surface area contributed by atoms with E-state index in [4.69, 9.17) is 10.5 Å². The summed E-state index contributed by atoms with van der Waals surface area (Å²) in [5, 5.41) is 2.67. The molecule has 0 unspecified atom stereocenters. The molecule has 0 saturated heterocycles. The maximum absolute atomic E-state index is 13.6. The zero-order valence-corrected chi connectivity index (χ0v) is 21.5. The molecule has 0 atom stereocenters. The number of carbonyl (C=O) groups excluding carboxylic acids is 2. The maximum atomic E-state index is 13.6. The van der Waals surface area contributed by atoms with E-state index < -0.39 is 21.8 Å². The van der Waals surface area contributed by atoms with E-state index in [0.29, 0.717) is 22.7 Å². The standard InChI is InChI=1S/C29H27N3O5S/c1-21-7-17-27(18-8-21)38(35,36)32(19-22-5-3-2-4-6-22)25-13-15-26(16-14-25)37-20-28(33)31-24-11-9-23(10-12-24)29(30)34/h2-18H,19-20H2,1H3,(H2,30,34)(H,31,33). The Kier molecular flexibility index (Phi) is 8.08. The number of nitrogens with zero attached hydrogens (tertiary/aromatic N) is 1. The van der Waals surface area contributed by atoms with Crippen molar-refractivity contribution >= 4 is 33.2 Å². The number of ether oxygens (including phenoxy) is 1. The Hall–Kier alpha value is -4.63. The second kappa shape index (κ2) is 11.6. The Morgan fingerprint density at radius 2 is 1.47 bits per heavy atom. The molecule has 0 aliphatic carbocycles. The minimum Gasteiger partial charge on any atom is -0.484 e. The molecule has 0 saturated carbocycles. The van der Waals surface area contributed by atoms with Gasteiger partial charge in [-0.1, -0.05) is 48.0 Å². The highest BCUT2D eigenvalue weighted by molar-refractivity contribution is 7.92. The minimum atomic E-state index is -3.85. The van der Waals surface area contributed by atoms with E-state index in [2.05, 4.69) is 5.32 Å². The molecule has 38 heavy (non-hydrogen) atoms. The van der Waals surface area contributed by atoms with Gasteiger partial charge in [-0.25, -0.2) is 8.42 Å². The lowest BCUT2D eigenvalue weighted by Crippen LogP contribution is -2.30. The molecule has 0 aliphatic rings. The molecule has 4 aromatic carbocycles. The van der Waals surface area contributed by atoms with Crippen molar-refractivity contribution in [3.63, 3.8) is 0 Å². The van der Waals surface area contributed by atoms with Crippen LogP contribution >= 0.6 is 0 Å². The van der Waals surface area contributed by atoms with Crippen LogP contribution in [0.3, 0.4) is 0 Å². The lowest BCUT2D eigenvalue weighted by Gasteiger charge is -2.25. The highest BCUT2D eigenvalue weighted by atomic mass is 32.2. The third-order valence-electron chi connectivity index (χ3n) is 5.73. The first kappa shape index (κ1) is 26.4. The summed E-state index contributed by atoms with van der Waals surface area (Å²) in [4.78, 5) is 23.6. The Morgan fingerprint density at radius 1 is 0.842 bits per heavy atom. The lowest BCUT2D eigenvalue weighted by atomic mass is 10.2. The number of hydrogen-bond acceptors (Lipinski definition) is 5. The van der Waals surface area contributed by atoms with Gasteiger partial charge in [-0.05, 0) is 73.2 Å². The van der Waals surface area contributed by atoms with Crippen LogP contribution in [0.2, 0.25) is 0 Å². The van der Waals surface area contributed by atoms with E-state index >= 15 is 0 Å². The molecule has 8 nitrogen and oxygen atoms in total. The fraction of sp³-hybridized carbons (Fsp3) is 0.103. The number of nitrogens with two attached hydrogens (primary N) is 1. The van der Waals surface area contributed by atoms with Crippen molar-refractivity contribution in [1.29, 1.82) is 0 Å². The topological polar surface area (TPSA) is 119 Å². The number of primary amides is 1. The maximum Gasteiger partial charge on any atom is 0.264 e. The third-order valence-corrected chi connectivity index (χ3v) is 7.51. The minimum absolute atomic E-state index is 0.147. The summed E-state index contributed by atoms with van der Waals surface area (Å²) < 4.78 is 34.1. The summed E-state index contributed by atoms with van der Waals surface area (Å²) in [5.74, 6) is -0.544. The lowest BCUT2D eigenvalue weighted by molar-refractivity contribution is -0.118. The summed E-state index contributed by atoms with van der Waals surface area (Å²) in [6.45, 7) is 1.79. The van der Waals surface area contributed by atoms with Gasteiger partial charge in [-0.3, -0.25) is 13.9 Å². The van der Waals surface area contributed by atoms with Crippen LogP contribution in [0.5, 0.6) is 5.75 Å². The summed E-state index contributed by atoms with van der Waals surface area (Å²) in [6, 6.07) is 28.8. The van der Waals surface area contributed by atoms with Crippen LogP contribution in [0.25, 0.3) is 0 Å². The van der Waals surface area contributed by atoms with E-state index in [9.17, 15) is 18.0 Å². The number of amides is 2. The first-order chi connectivity index (χ1) is 18.2. The molecule has 0 aliphatic heterocycles. The zero-order valence-electron chi connectivity index (χ0n) is 20.7. The molecule has 3 N–H and O–H groups in total. The van der Waals surface area contributed by atoms with Crippen molar-refractivity contribution in [3.8, 4) is 5.75 Å². The molecule has 9 heteroatoms. The fourth-order valence-electron chi connectivity index (χ4n) is 3.67. The largest absolute Gasteiger partial charge is 0.484 e. The van der Waals surface area contributed by atoms with Crippen LogP contribution < -0.4 is 20.1 Å². The number of carbonyl (C=O) groups is 2. The third kappa shape index (κ3) is 6.57. The van der Waals surface area contributed by atoms with E-state index in [1.54, 1.807) is 60.7 Å². The van der Waals surface area contributed by atoms with Gasteiger partial charge in [0.2, 0.25) is 5.91 Å². The van der Waals surface area contributed by atoms with E-state index in [-0.39, 0.29) is 18.0 Å². The molecule has 0 aromatic heterocycles. The van der Waals surface area contributed by atoms with Gasteiger partial charge in [-0.2, -0.15) is 0 Å². The summed E-state index contributed by atoms with van der Waals surface area (Å²) in [5.41, 5.74) is 8.32. The molecule has 4 aromatic rings. The summed E-state index contributed by atoms with van der Waals surface area (Å²) >= 11 is 0. The average Bonchev–Trinajstić information content (AvgIpc) is 2.92. The van der Waals surface area contributed by atoms with Crippen LogP contribution in [-0.4, -0.2) is 26.8 Å². The second-order valence-electron chi connectivity index (χ2n) is 8.58. The average molecular weight is 530 g/mol. The molecular weight excluding hydrogens is 502 g/mol. The SMILES string of the molecule is Cc1ccc(S(=O)(=O)N(Cc2ccccc2)c2ccc(OCC(=O)Nc3ccc(C(N)=O)cc3)cc2)cc1. The van der Waals surface area contributed by atoms with E-state index in [0.717, 1.165) is 11.1 Å². The molecule has 0 heterocycles. The van der Waals surface area contributed by atoms with Crippen LogP contribution in [0.4, 0.5) is 11.4 Å². The first-order valence-electron chi connectivity index (χ1n) is 11.8. The van der Waals surface area contributed by atoms with Gasteiger partial charge in [-0.15, -0.1) is 0 Å². The van der Waals surface area contributed by atoms with Crippen molar-refractivity contribution in [1.82, 2.24) is 0 Å². The highest BCUT2D eigenvalue weighted by Crippen LogP contribution is 2.28. The van der Waals surface area contributed by atoms with Gasteiger partial charge >= 0.3 is 0 Å². The normalized spacial score (nSPS) is 11.0. The molecule has 0 fully saturated rings. The van der Waals surface area contributed by atoms with Gasteiger partial charge in [0, 0.05) is 11.3 Å². The second-order valence-corrected chi connectivity index (χ2v) is 10.4. The fourth-order valence-corrected chi connectivity index (χ4v) is 5.13. The molecule has 0 spiro atoms. The summed E-state index contributed by atoms with van der Waals surface area (Å²) in [6.07, 6.45) is 0. The van der Waals surface area contributed by atoms with Crippen molar-refractivity contribution in [2.45, 2.75) is 18.4 Å². The number of sulfonamides is 1. The monoisotopic (exact) mass is 529 g/mol. The van der Waals surface area contributed by atoms with Crippen LogP contribution in [0.1, 0.15) is 21.5 Å². The Balaban J connectivity index is 1.47. The van der Waals surface area contributed by atoms with Gasteiger partial charge in [0.1, 0.15) is 5.75 Å². The van der Waals surface area contributed by atoms with Crippen LogP contribution in [-0.2, 0) is 21.4 Å². The van der Waals surface area contributed by atoms with Crippen LogP contribution in [0.15, 0.2) is 108 Å². The van der Waals surface area contributed by atoms with Crippen molar-refractivity contribution in [2.24, 2.45) is 5.73 Å². The zero-order chi connectivity index (χ0) is 27.1. The van der Waals surface area contributed by atoms with E-state index in [1.807, 2.05) is 37.3 Å². The molecule has 194 valence electrons. The Morgan fingerprint density at radius 3 is 2.08 bits per heavy atom. The molecule has 0 bridgehead atoms. The van der Waals surface area contributed by atoms with Gasteiger partial charge in [0.05, 0.1) is 17.1 Å². The van der Waals surface area contributed by atoms with Gasteiger partial charge in [0.15, 0.2) is 6.61 Å². The number of hydrogen-bond donors (Lipinski definition) is 2. The first-order valence-corrected chi connectivity index (χ1v) is 13.2. The van der Waals surface area contributed by atoms with Crippen molar-refractivity contribution in [3.05, 3.63) is 120 Å². The predicted octanol–water partition coefficient (Wildman–Crippen LogP) is 4.51. The molecule has 2 amide bonds. The highest BCUT2D eigenvalue weighted by Gasteiger charge is 2.25. The van der Waals surface area contributed by atoms with Crippen molar-refractivity contribution < 1.29 is 22.7 Å². The quantitative estimate of drug-likeness (QED) is 0.313.